The quantitative estimate of drug-likeness (QED) is 0.820. The predicted molar refractivity (Wildman–Crippen MR) is 85.6 cm³/mol. The number of carbonyl (C=O) groups excluding carboxylic acids is 1. The van der Waals surface area contributed by atoms with Crippen LogP contribution in [0.25, 0.3) is 0 Å². The number of ether oxygens (including phenoxy) is 1. The Labute approximate surface area is 133 Å². The maximum Gasteiger partial charge on any atom is 0.407 e. The molecule has 0 aromatic rings. The summed E-state index contributed by atoms with van der Waals surface area (Å²) in [5, 5.41) is 6.39. The van der Waals surface area contributed by atoms with E-state index in [4.69, 9.17) is 4.74 Å². The number of carbonyl (C=O) groups is 1. The average Bonchev–Trinajstić information content (AvgIpc) is 2.81. The van der Waals surface area contributed by atoms with E-state index in [-0.39, 0.29) is 35.2 Å². The summed E-state index contributed by atoms with van der Waals surface area (Å²) in [6, 6.07) is 0.340. The molecule has 2 N–H and O–H groups in total. The van der Waals surface area contributed by atoms with Crippen molar-refractivity contribution in [3.63, 3.8) is 0 Å². The number of hydrogen-bond donors (Lipinski definition) is 2. The number of alkyl carbamates (subject to hydrolysis) is 1. The smallest absolute Gasteiger partial charge is 0.407 e. The minimum absolute atomic E-state index is 0.0916. The molecule has 0 bridgehead atoms. The summed E-state index contributed by atoms with van der Waals surface area (Å²) in [4.78, 5) is 11.8. The van der Waals surface area contributed by atoms with Gasteiger partial charge in [0.2, 0.25) is 0 Å². The van der Waals surface area contributed by atoms with E-state index in [0.29, 0.717) is 6.42 Å². The zero-order chi connectivity index (χ0) is 16.6. The molecular weight excluding hydrogens is 304 g/mol. The molecule has 0 radical (unpaired) electrons. The molecule has 0 aromatic carbocycles. The molecule has 1 heterocycles. The first-order valence-electron chi connectivity index (χ1n) is 7.94. The first-order valence-corrected chi connectivity index (χ1v) is 9.76. The third-order valence-corrected chi connectivity index (χ3v) is 6.11. The third kappa shape index (κ3) is 5.12. The van der Waals surface area contributed by atoms with Gasteiger partial charge in [-0.3, -0.25) is 0 Å². The zero-order valence-electron chi connectivity index (χ0n) is 13.9. The lowest BCUT2D eigenvalue weighted by molar-refractivity contribution is 0.0505. The fraction of sp³-hybridized carbons (Fsp3) is 0.933. The molecule has 1 saturated heterocycles. The van der Waals surface area contributed by atoms with E-state index >= 15 is 0 Å². The molecule has 2 rings (SSSR count). The van der Waals surface area contributed by atoms with Gasteiger partial charge in [-0.15, -0.1) is 0 Å². The molecule has 128 valence electrons. The minimum atomic E-state index is -2.90. The first-order chi connectivity index (χ1) is 9.96. The summed E-state index contributed by atoms with van der Waals surface area (Å²) < 4.78 is 28.6. The van der Waals surface area contributed by atoms with Crippen LogP contribution in [0.5, 0.6) is 0 Å². The van der Waals surface area contributed by atoms with Crippen molar-refractivity contribution in [3.8, 4) is 0 Å². The van der Waals surface area contributed by atoms with Crippen LogP contribution in [0.1, 0.15) is 53.4 Å². The van der Waals surface area contributed by atoms with E-state index in [1.165, 1.54) is 0 Å². The van der Waals surface area contributed by atoms with Crippen LogP contribution >= 0.6 is 0 Å². The SMILES string of the molecule is CC1(NC2CCC(NC(=O)OC(C)(C)C)C2)CCS(=O)(=O)C1. The Morgan fingerprint density at radius 3 is 2.41 bits per heavy atom. The average molecular weight is 332 g/mol. The van der Waals surface area contributed by atoms with Gasteiger partial charge in [-0.2, -0.15) is 0 Å². The van der Waals surface area contributed by atoms with E-state index in [1.807, 2.05) is 27.7 Å². The van der Waals surface area contributed by atoms with Crippen LogP contribution in [0.3, 0.4) is 0 Å². The number of amides is 1. The van der Waals surface area contributed by atoms with Crippen molar-refractivity contribution in [2.45, 2.75) is 76.6 Å². The summed E-state index contributed by atoms with van der Waals surface area (Å²) in [7, 11) is -2.90. The van der Waals surface area contributed by atoms with Gasteiger partial charge in [-0.25, -0.2) is 13.2 Å². The maximum atomic E-state index is 11.8. The van der Waals surface area contributed by atoms with Crippen LogP contribution in [0.2, 0.25) is 0 Å². The van der Waals surface area contributed by atoms with Crippen LogP contribution in [0.4, 0.5) is 4.79 Å². The van der Waals surface area contributed by atoms with Crippen LogP contribution in [0.15, 0.2) is 0 Å². The highest BCUT2D eigenvalue weighted by atomic mass is 32.2. The third-order valence-electron chi connectivity index (χ3n) is 4.21. The molecule has 3 atom stereocenters. The molecule has 0 aromatic heterocycles. The number of hydrogen-bond acceptors (Lipinski definition) is 5. The normalized spacial score (nSPS) is 34.5. The Balaban J connectivity index is 1.80. The summed E-state index contributed by atoms with van der Waals surface area (Å²) in [5.41, 5.74) is -0.823. The van der Waals surface area contributed by atoms with Gasteiger partial charge in [0.25, 0.3) is 0 Å². The summed E-state index contributed by atoms with van der Waals surface area (Å²) in [6.07, 6.45) is 2.92. The lowest BCUT2D eigenvalue weighted by Gasteiger charge is -2.28. The highest BCUT2D eigenvalue weighted by molar-refractivity contribution is 7.91. The monoisotopic (exact) mass is 332 g/mol. The van der Waals surface area contributed by atoms with E-state index in [2.05, 4.69) is 10.6 Å². The Hall–Kier alpha value is -0.820. The largest absolute Gasteiger partial charge is 0.444 e. The van der Waals surface area contributed by atoms with Crippen LogP contribution < -0.4 is 10.6 Å². The molecule has 1 amide bonds. The molecule has 2 fully saturated rings. The highest BCUT2D eigenvalue weighted by Gasteiger charge is 2.41. The zero-order valence-corrected chi connectivity index (χ0v) is 14.8. The van der Waals surface area contributed by atoms with Crippen LogP contribution in [-0.4, -0.2) is 49.2 Å². The highest BCUT2D eigenvalue weighted by Crippen LogP contribution is 2.28. The molecule has 0 spiro atoms. The second-order valence-corrected chi connectivity index (χ2v) is 10.1. The predicted octanol–water partition coefficient (Wildman–Crippen LogP) is 1.60. The van der Waals surface area contributed by atoms with Gasteiger partial charge in [0.15, 0.2) is 9.84 Å². The Bertz CT molecular complexity index is 526. The van der Waals surface area contributed by atoms with E-state index in [1.54, 1.807) is 0 Å². The second-order valence-electron chi connectivity index (χ2n) is 7.90. The fourth-order valence-electron chi connectivity index (χ4n) is 3.34. The fourth-order valence-corrected chi connectivity index (χ4v) is 5.44. The molecule has 1 aliphatic heterocycles. The van der Waals surface area contributed by atoms with Crippen molar-refractivity contribution in [3.05, 3.63) is 0 Å². The first kappa shape index (κ1) is 17.5. The Morgan fingerprint density at radius 2 is 1.86 bits per heavy atom. The lowest BCUT2D eigenvalue weighted by atomic mass is 10.00. The molecule has 6 nitrogen and oxygen atoms in total. The molecule has 7 heteroatoms. The van der Waals surface area contributed by atoms with E-state index < -0.39 is 15.4 Å². The van der Waals surface area contributed by atoms with Gasteiger partial charge in [0.05, 0.1) is 11.5 Å². The van der Waals surface area contributed by atoms with E-state index in [0.717, 1.165) is 19.3 Å². The summed E-state index contributed by atoms with van der Waals surface area (Å²) in [5.74, 6) is 0.476. The lowest BCUT2D eigenvalue weighted by Crippen LogP contribution is -2.49. The molecule has 1 aliphatic carbocycles. The number of sulfone groups is 1. The van der Waals surface area contributed by atoms with Gasteiger partial charge >= 0.3 is 6.09 Å². The maximum absolute atomic E-state index is 11.8. The molecule has 3 unspecified atom stereocenters. The van der Waals surface area contributed by atoms with Crippen molar-refractivity contribution in [1.82, 2.24) is 10.6 Å². The van der Waals surface area contributed by atoms with Crippen molar-refractivity contribution in [2.75, 3.05) is 11.5 Å². The van der Waals surface area contributed by atoms with Gasteiger partial charge in [0, 0.05) is 17.6 Å². The van der Waals surface area contributed by atoms with Crippen molar-refractivity contribution < 1.29 is 17.9 Å². The number of nitrogens with one attached hydrogen (secondary N) is 2. The summed E-state index contributed by atoms with van der Waals surface area (Å²) in [6.45, 7) is 7.50. The van der Waals surface area contributed by atoms with Gasteiger partial charge in [-0.1, -0.05) is 0 Å². The molecular formula is C15H28N2O4S. The number of rotatable bonds is 3. The van der Waals surface area contributed by atoms with E-state index in [9.17, 15) is 13.2 Å². The minimum Gasteiger partial charge on any atom is -0.444 e. The molecule has 22 heavy (non-hydrogen) atoms. The summed E-state index contributed by atoms with van der Waals surface area (Å²) >= 11 is 0. The topological polar surface area (TPSA) is 84.5 Å². The standard InChI is InChI=1S/C15H28N2O4S/c1-14(2,3)21-13(18)16-11-5-6-12(9-11)17-15(4)7-8-22(19,20)10-15/h11-12,17H,5-10H2,1-4H3,(H,16,18). The van der Waals surface area contributed by atoms with Crippen LogP contribution in [-0.2, 0) is 14.6 Å². The van der Waals surface area contributed by atoms with Crippen molar-refractivity contribution >= 4 is 15.9 Å². The van der Waals surface area contributed by atoms with Crippen molar-refractivity contribution in [2.24, 2.45) is 0 Å². The van der Waals surface area contributed by atoms with Gasteiger partial charge < -0.3 is 15.4 Å². The second kappa shape index (κ2) is 6.00. The Morgan fingerprint density at radius 1 is 1.23 bits per heavy atom. The van der Waals surface area contributed by atoms with Gasteiger partial charge in [0.1, 0.15) is 5.60 Å². The molecule has 2 aliphatic rings. The van der Waals surface area contributed by atoms with Gasteiger partial charge in [-0.05, 0) is 53.4 Å². The Kier molecular flexibility index (Phi) is 4.78. The van der Waals surface area contributed by atoms with Crippen LogP contribution in [0, 0.1) is 0 Å². The van der Waals surface area contributed by atoms with Crippen molar-refractivity contribution in [1.29, 1.82) is 0 Å². The molecule has 1 saturated carbocycles.